The molecule has 0 saturated carbocycles. The minimum Gasteiger partial charge on any atom is -0.497 e. The molecule has 0 unspecified atom stereocenters. The van der Waals surface area contributed by atoms with Gasteiger partial charge in [0, 0.05) is 57.6 Å². The highest BCUT2D eigenvalue weighted by atomic mass is 16.5. The molecule has 4 rings (SSSR count). The zero-order valence-electron chi connectivity index (χ0n) is 18.2. The van der Waals surface area contributed by atoms with E-state index in [2.05, 4.69) is 52.3 Å². The van der Waals surface area contributed by atoms with Crippen molar-refractivity contribution < 1.29 is 9.53 Å². The van der Waals surface area contributed by atoms with Gasteiger partial charge in [0.1, 0.15) is 5.75 Å². The van der Waals surface area contributed by atoms with E-state index in [1.807, 2.05) is 18.2 Å². The second-order valence-corrected chi connectivity index (χ2v) is 8.36. The maximum atomic E-state index is 12.8. The molecule has 1 amide bonds. The first kappa shape index (κ1) is 20.7. The Labute approximate surface area is 179 Å². The summed E-state index contributed by atoms with van der Waals surface area (Å²) < 4.78 is 5.26. The van der Waals surface area contributed by atoms with Crippen molar-refractivity contribution in [3.05, 3.63) is 59.2 Å². The SMILES string of the molecule is COc1cccc(C(=O)NC[C@H](c2ccc3c(c2)CCN3C)N2CCN(C)CC2)c1. The summed E-state index contributed by atoms with van der Waals surface area (Å²) in [7, 11) is 5.94. The van der Waals surface area contributed by atoms with Gasteiger partial charge in [-0.25, -0.2) is 0 Å². The number of likely N-dealkylation sites (N-methyl/N-ethyl adjacent to an activating group) is 2. The highest BCUT2D eigenvalue weighted by molar-refractivity contribution is 5.94. The Morgan fingerprint density at radius 3 is 2.63 bits per heavy atom. The molecule has 1 N–H and O–H groups in total. The largest absolute Gasteiger partial charge is 0.497 e. The summed E-state index contributed by atoms with van der Waals surface area (Å²) in [6.45, 7) is 5.78. The number of piperazine rings is 1. The number of hydrogen-bond acceptors (Lipinski definition) is 5. The Hall–Kier alpha value is -2.57. The number of amides is 1. The number of carbonyl (C=O) groups is 1. The third-order valence-electron chi connectivity index (χ3n) is 6.38. The van der Waals surface area contributed by atoms with Gasteiger partial charge in [0.05, 0.1) is 13.2 Å². The molecule has 0 spiro atoms. The van der Waals surface area contributed by atoms with Crippen LogP contribution in [0.3, 0.4) is 0 Å². The number of nitrogens with zero attached hydrogens (tertiary/aromatic N) is 3. The molecule has 1 saturated heterocycles. The van der Waals surface area contributed by atoms with Crippen molar-refractivity contribution in [1.82, 2.24) is 15.1 Å². The zero-order chi connectivity index (χ0) is 21.1. The lowest BCUT2D eigenvalue weighted by Gasteiger charge is -2.38. The number of hydrogen-bond donors (Lipinski definition) is 1. The van der Waals surface area contributed by atoms with Gasteiger partial charge in [-0.2, -0.15) is 0 Å². The number of ether oxygens (including phenoxy) is 1. The summed E-state index contributed by atoms with van der Waals surface area (Å²) >= 11 is 0. The van der Waals surface area contributed by atoms with Crippen LogP contribution in [0.25, 0.3) is 0 Å². The number of fused-ring (bicyclic) bond motifs is 1. The van der Waals surface area contributed by atoms with Gasteiger partial charge in [0.2, 0.25) is 0 Å². The summed E-state index contributed by atoms with van der Waals surface area (Å²) in [4.78, 5) is 20.0. The molecule has 6 heteroatoms. The molecule has 1 fully saturated rings. The van der Waals surface area contributed by atoms with Crippen LogP contribution in [0, 0.1) is 0 Å². The maximum Gasteiger partial charge on any atom is 0.251 e. The maximum absolute atomic E-state index is 12.8. The second kappa shape index (κ2) is 9.06. The first-order valence-electron chi connectivity index (χ1n) is 10.7. The van der Waals surface area contributed by atoms with Gasteiger partial charge in [0.25, 0.3) is 5.91 Å². The van der Waals surface area contributed by atoms with Crippen LogP contribution in [0.5, 0.6) is 5.75 Å². The first-order valence-corrected chi connectivity index (χ1v) is 10.7. The Morgan fingerprint density at radius 1 is 1.07 bits per heavy atom. The normalized spacial score (nSPS) is 18.2. The number of benzene rings is 2. The Balaban J connectivity index is 1.52. The number of anilines is 1. The van der Waals surface area contributed by atoms with Crippen molar-refractivity contribution in [2.75, 3.05) is 65.4 Å². The van der Waals surface area contributed by atoms with Crippen molar-refractivity contribution >= 4 is 11.6 Å². The van der Waals surface area contributed by atoms with Crippen LogP contribution in [-0.2, 0) is 6.42 Å². The molecule has 30 heavy (non-hydrogen) atoms. The van der Waals surface area contributed by atoms with E-state index in [0.29, 0.717) is 17.9 Å². The molecule has 2 aromatic carbocycles. The highest BCUT2D eigenvalue weighted by Crippen LogP contribution is 2.31. The first-order chi connectivity index (χ1) is 14.5. The average Bonchev–Trinajstić information content (AvgIpc) is 3.15. The molecular formula is C24H32N4O2. The standard InChI is InChI=1S/C24H32N4O2/c1-26-11-13-28(14-12-26)23(18-7-8-22-19(15-18)9-10-27(22)2)17-25-24(29)20-5-4-6-21(16-20)30-3/h4-8,15-16,23H,9-14,17H2,1-3H3,(H,25,29)/t23-/m1/s1. The van der Waals surface area contributed by atoms with Crippen LogP contribution in [0.2, 0.25) is 0 Å². The molecule has 0 aliphatic carbocycles. The van der Waals surface area contributed by atoms with Crippen molar-refractivity contribution in [1.29, 1.82) is 0 Å². The van der Waals surface area contributed by atoms with Gasteiger partial charge in [-0.05, 0) is 48.9 Å². The third-order valence-corrected chi connectivity index (χ3v) is 6.38. The minimum absolute atomic E-state index is 0.0612. The fraction of sp³-hybridized carbons (Fsp3) is 0.458. The van der Waals surface area contributed by atoms with Gasteiger partial charge in [-0.3, -0.25) is 9.69 Å². The van der Waals surface area contributed by atoms with Crippen LogP contribution in [-0.4, -0.2) is 76.2 Å². The molecule has 2 heterocycles. The van der Waals surface area contributed by atoms with E-state index in [4.69, 9.17) is 4.74 Å². The van der Waals surface area contributed by atoms with E-state index in [0.717, 1.165) is 39.1 Å². The number of rotatable bonds is 6. The van der Waals surface area contributed by atoms with Gasteiger partial charge in [0.15, 0.2) is 0 Å². The van der Waals surface area contributed by atoms with E-state index >= 15 is 0 Å². The van der Waals surface area contributed by atoms with Crippen LogP contribution in [0.1, 0.15) is 27.5 Å². The lowest BCUT2D eigenvalue weighted by atomic mass is 10.00. The molecule has 6 nitrogen and oxygen atoms in total. The fourth-order valence-corrected chi connectivity index (χ4v) is 4.44. The van der Waals surface area contributed by atoms with Crippen LogP contribution >= 0.6 is 0 Å². The summed E-state index contributed by atoms with van der Waals surface area (Å²) in [5.41, 5.74) is 4.66. The molecular weight excluding hydrogens is 376 g/mol. The van der Waals surface area contributed by atoms with Crippen LogP contribution in [0.4, 0.5) is 5.69 Å². The van der Waals surface area contributed by atoms with Gasteiger partial charge in [-0.1, -0.05) is 18.2 Å². The lowest BCUT2D eigenvalue weighted by Crippen LogP contribution is -2.48. The van der Waals surface area contributed by atoms with Crippen molar-refractivity contribution in [2.45, 2.75) is 12.5 Å². The molecule has 2 aliphatic heterocycles. The molecule has 2 aliphatic rings. The number of nitrogens with one attached hydrogen (secondary N) is 1. The number of methoxy groups -OCH3 is 1. The van der Waals surface area contributed by atoms with Crippen molar-refractivity contribution in [3.63, 3.8) is 0 Å². The van der Waals surface area contributed by atoms with E-state index < -0.39 is 0 Å². The third kappa shape index (κ3) is 4.45. The van der Waals surface area contributed by atoms with E-state index in [-0.39, 0.29) is 11.9 Å². The summed E-state index contributed by atoms with van der Waals surface area (Å²) in [5.74, 6) is 0.634. The van der Waals surface area contributed by atoms with Crippen LogP contribution in [0.15, 0.2) is 42.5 Å². The fourth-order valence-electron chi connectivity index (χ4n) is 4.44. The number of carbonyl (C=O) groups excluding carboxylic acids is 1. The van der Waals surface area contributed by atoms with Crippen LogP contribution < -0.4 is 15.0 Å². The summed E-state index contributed by atoms with van der Waals surface area (Å²) in [5, 5.41) is 3.17. The summed E-state index contributed by atoms with van der Waals surface area (Å²) in [6.07, 6.45) is 1.09. The zero-order valence-corrected chi connectivity index (χ0v) is 18.2. The van der Waals surface area contributed by atoms with E-state index in [9.17, 15) is 4.79 Å². The molecule has 2 aromatic rings. The molecule has 160 valence electrons. The predicted octanol–water partition coefficient (Wildman–Crippen LogP) is 2.41. The van der Waals surface area contributed by atoms with Crippen molar-refractivity contribution in [2.24, 2.45) is 0 Å². The molecule has 0 bridgehead atoms. The van der Waals surface area contributed by atoms with E-state index in [1.165, 1.54) is 16.8 Å². The topological polar surface area (TPSA) is 48.1 Å². The van der Waals surface area contributed by atoms with Gasteiger partial charge < -0.3 is 19.9 Å². The second-order valence-electron chi connectivity index (χ2n) is 8.36. The van der Waals surface area contributed by atoms with E-state index in [1.54, 1.807) is 13.2 Å². The molecule has 1 atom stereocenters. The van der Waals surface area contributed by atoms with Crippen molar-refractivity contribution in [3.8, 4) is 5.75 Å². The summed E-state index contributed by atoms with van der Waals surface area (Å²) in [6, 6.07) is 14.3. The van der Waals surface area contributed by atoms with Gasteiger partial charge >= 0.3 is 0 Å². The quantitative estimate of drug-likeness (QED) is 0.796. The Bertz CT molecular complexity index is 893. The van der Waals surface area contributed by atoms with Gasteiger partial charge in [-0.15, -0.1) is 0 Å². The lowest BCUT2D eigenvalue weighted by molar-refractivity contribution is 0.0886. The Kier molecular flexibility index (Phi) is 6.25. The molecule has 0 aromatic heterocycles. The Morgan fingerprint density at radius 2 is 1.87 bits per heavy atom. The highest BCUT2D eigenvalue weighted by Gasteiger charge is 2.26. The predicted molar refractivity (Wildman–Crippen MR) is 121 cm³/mol. The molecule has 0 radical (unpaired) electrons. The minimum atomic E-state index is -0.0612. The smallest absolute Gasteiger partial charge is 0.251 e. The average molecular weight is 409 g/mol. The monoisotopic (exact) mass is 408 g/mol.